The molecule has 1 heterocycles. The molecule has 1 saturated heterocycles. The van der Waals surface area contributed by atoms with Crippen molar-refractivity contribution in [2.45, 2.75) is 77.6 Å². The van der Waals surface area contributed by atoms with Crippen molar-refractivity contribution in [3.05, 3.63) is 0 Å². The number of carbonyl (C=O) groups is 1. The Morgan fingerprint density at radius 3 is 2.15 bits per heavy atom. The quantitative estimate of drug-likeness (QED) is 0.586. The third kappa shape index (κ3) is 8.57. The number of likely N-dealkylation sites (tertiary alicyclic amines) is 1. The summed E-state index contributed by atoms with van der Waals surface area (Å²) < 4.78 is 0. The molecule has 0 radical (unpaired) electrons. The molecule has 1 fully saturated rings. The van der Waals surface area contributed by atoms with Gasteiger partial charge in [0.25, 0.3) is 0 Å². The Morgan fingerprint density at radius 1 is 0.900 bits per heavy atom. The van der Waals surface area contributed by atoms with Crippen LogP contribution >= 0.6 is 0 Å². The molecule has 0 aromatic heterocycles. The highest BCUT2D eigenvalue weighted by molar-refractivity contribution is 5.78. The molecule has 1 aliphatic rings. The Labute approximate surface area is 125 Å². The molecule has 1 amide bonds. The minimum Gasteiger partial charge on any atom is -0.342 e. The maximum Gasteiger partial charge on any atom is 0.236 e. The number of hydrogen-bond donors (Lipinski definition) is 1. The topological polar surface area (TPSA) is 32.3 Å². The monoisotopic (exact) mass is 282 g/mol. The van der Waals surface area contributed by atoms with E-state index in [4.69, 9.17) is 0 Å². The average molecular weight is 282 g/mol. The lowest BCUT2D eigenvalue weighted by Gasteiger charge is -2.26. The van der Waals surface area contributed by atoms with Gasteiger partial charge in [0, 0.05) is 13.1 Å². The first-order chi connectivity index (χ1) is 9.84. The van der Waals surface area contributed by atoms with Crippen molar-refractivity contribution in [1.29, 1.82) is 0 Å². The van der Waals surface area contributed by atoms with Gasteiger partial charge in [-0.25, -0.2) is 0 Å². The second-order valence-electron chi connectivity index (χ2n) is 6.09. The Morgan fingerprint density at radius 2 is 1.50 bits per heavy atom. The van der Waals surface area contributed by atoms with Crippen molar-refractivity contribution in [3.63, 3.8) is 0 Å². The van der Waals surface area contributed by atoms with Gasteiger partial charge in [0.2, 0.25) is 5.91 Å². The van der Waals surface area contributed by atoms with Crippen LogP contribution in [0.2, 0.25) is 0 Å². The molecule has 0 saturated carbocycles. The predicted molar refractivity (Wildman–Crippen MR) is 85.9 cm³/mol. The Hall–Kier alpha value is -0.570. The normalized spacial score (nSPS) is 15.6. The number of unbranched alkanes of at least 4 members (excludes halogenated alkanes) is 7. The molecule has 20 heavy (non-hydrogen) atoms. The summed E-state index contributed by atoms with van der Waals surface area (Å²) in [6.45, 7) is 5.73. The van der Waals surface area contributed by atoms with Crippen molar-refractivity contribution >= 4 is 5.91 Å². The summed E-state index contributed by atoms with van der Waals surface area (Å²) in [4.78, 5) is 13.9. The number of carbonyl (C=O) groups excluding carboxylic acids is 1. The molecule has 3 nitrogen and oxygen atoms in total. The smallest absolute Gasteiger partial charge is 0.236 e. The number of nitrogens with zero attached hydrogens (tertiary/aromatic N) is 1. The zero-order valence-corrected chi connectivity index (χ0v) is 13.5. The van der Waals surface area contributed by atoms with E-state index in [1.807, 2.05) is 4.90 Å². The maximum absolute atomic E-state index is 11.9. The number of amides is 1. The van der Waals surface area contributed by atoms with E-state index in [0.29, 0.717) is 12.5 Å². The van der Waals surface area contributed by atoms with E-state index < -0.39 is 0 Å². The summed E-state index contributed by atoms with van der Waals surface area (Å²) in [7, 11) is 0. The van der Waals surface area contributed by atoms with Crippen molar-refractivity contribution in [2.75, 3.05) is 26.2 Å². The predicted octanol–water partition coefficient (Wildman–Crippen LogP) is 3.73. The van der Waals surface area contributed by atoms with Crippen LogP contribution in [0.25, 0.3) is 0 Å². The van der Waals surface area contributed by atoms with Gasteiger partial charge >= 0.3 is 0 Å². The highest BCUT2D eigenvalue weighted by Crippen LogP contribution is 2.09. The summed E-state index contributed by atoms with van der Waals surface area (Å²) in [5, 5.41) is 3.30. The summed E-state index contributed by atoms with van der Waals surface area (Å²) in [5.74, 6) is 0.296. The summed E-state index contributed by atoms with van der Waals surface area (Å²) >= 11 is 0. The van der Waals surface area contributed by atoms with Crippen molar-refractivity contribution in [2.24, 2.45) is 0 Å². The first-order valence-electron chi connectivity index (χ1n) is 8.83. The molecule has 0 aromatic carbocycles. The largest absolute Gasteiger partial charge is 0.342 e. The summed E-state index contributed by atoms with van der Waals surface area (Å²) in [6.07, 6.45) is 14.4. The molecule has 3 heteroatoms. The van der Waals surface area contributed by atoms with Crippen LogP contribution in [0.5, 0.6) is 0 Å². The average Bonchev–Trinajstić information content (AvgIpc) is 2.50. The molecule has 0 aliphatic carbocycles. The maximum atomic E-state index is 11.9. The van der Waals surface area contributed by atoms with E-state index in [1.54, 1.807) is 0 Å². The number of rotatable bonds is 11. The van der Waals surface area contributed by atoms with Crippen molar-refractivity contribution < 1.29 is 4.79 Å². The Kier molecular flexibility index (Phi) is 10.7. The second-order valence-corrected chi connectivity index (χ2v) is 6.09. The fraction of sp³-hybridized carbons (Fsp3) is 0.941. The molecule has 1 N–H and O–H groups in total. The molecular formula is C17H34N2O. The van der Waals surface area contributed by atoms with Gasteiger partial charge in [0.05, 0.1) is 6.54 Å². The minimum absolute atomic E-state index is 0.296. The van der Waals surface area contributed by atoms with E-state index in [9.17, 15) is 4.79 Å². The standard InChI is InChI=1S/C17H34N2O/c1-2-3-4-5-6-7-8-10-13-18-16-17(20)19-14-11-9-12-15-19/h18H,2-16H2,1H3. The molecule has 118 valence electrons. The fourth-order valence-electron chi connectivity index (χ4n) is 2.83. The van der Waals surface area contributed by atoms with Gasteiger partial charge in [-0.3, -0.25) is 4.79 Å². The molecule has 0 spiro atoms. The lowest BCUT2D eigenvalue weighted by Crippen LogP contribution is -2.41. The Balaban J connectivity index is 1.83. The van der Waals surface area contributed by atoms with E-state index in [1.165, 1.54) is 70.6 Å². The van der Waals surface area contributed by atoms with Crippen LogP contribution in [0.3, 0.4) is 0 Å². The fourth-order valence-corrected chi connectivity index (χ4v) is 2.83. The minimum atomic E-state index is 0.296. The molecule has 1 aliphatic heterocycles. The van der Waals surface area contributed by atoms with Crippen molar-refractivity contribution in [1.82, 2.24) is 10.2 Å². The first-order valence-corrected chi connectivity index (χ1v) is 8.83. The van der Waals surface area contributed by atoms with Crippen LogP contribution < -0.4 is 5.32 Å². The lowest BCUT2D eigenvalue weighted by atomic mass is 10.1. The summed E-state index contributed by atoms with van der Waals surface area (Å²) in [5.41, 5.74) is 0. The van der Waals surface area contributed by atoms with Crippen LogP contribution in [-0.4, -0.2) is 37.0 Å². The van der Waals surface area contributed by atoms with Crippen LogP contribution in [0.4, 0.5) is 0 Å². The lowest BCUT2D eigenvalue weighted by molar-refractivity contribution is -0.131. The molecule has 1 rings (SSSR count). The molecular weight excluding hydrogens is 248 g/mol. The van der Waals surface area contributed by atoms with E-state index in [2.05, 4.69) is 12.2 Å². The van der Waals surface area contributed by atoms with Crippen LogP contribution in [0.1, 0.15) is 77.6 Å². The van der Waals surface area contributed by atoms with E-state index >= 15 is 0 Å². The van der Waals surface area contributed by atoms with Gasteiger partial charge in [0.15, 0.2) is 0 Å². The highest BCUT2D eigenvalue weighted by atomic mass is 16.2. The van der Waals surface area contributed by atoms with Crippen LogP contribution in [-0.2, 0) is 4.79 Å². The third-order valence-corrected chi connectivity index (χ3v) is 4.19. The van der Waals surface area contributed by atoms with Gasteiger partial charge in [0.1, 0.15) is 0 Å². The molecule has 0 aromatic rings. The molecule has 0 bridgehead atoms. The van der Waals surface area contributed by atoms with Gasteiger partial charge < -0.3 is 10.2 Å². The SMILES string of the molecule is CCCCCCCCCCNCC(=O)N1CCCCC1. The van der Waals surface area contributed by atoms with Gasteiger partial charge in [-0.2, -0.15) is 0 Å². The molecule has 0 unspecified atom stereocenters. The van der Waals surface area contributed by atoms with E-state index in [0.717, 1.165) is 19.6 Å². The van der Waals surface area contributed by atoms with Gasteiger partial charge in [-0.1, -0.05) is 51.9 Å². The van der Waals surface area contributed by atoms with E-state index in [-0.39, 0.29) is 0 Å². The van der Waals surface area contributed by atoms with Crippen LogP contribution in [0.15, 0.2) is 0 Å². The summed E-state index contributed by atoms with van der Waals surface area (Å²) in [6, 6.07) is 0. The zero-order chi connectivity index (χ0) is 14.5. The number of nitrogens with one attached hydrogen (secondary N) is 1. The second kappa shape index (κ2) is 12.2. The highest BCUT2D eigenvalue weighted by Gasteiger charge is 2.15. The van der Waals surface area contributed by atoms with Gasteiger partial charge in [-0.15, -0.1) is 0 Å². The van der Waals surface area contributed by atoms with Crippen LogP contribution in [0, 0.1) is 0 Å². The Bertz CT molecular complexity index is 237. The number of hydrogen-bond acceptors (Lipinski definition) is 2. The first kappa shape index (κ1) is 17.5. The zero-order valence-electron chi connectivity index (χ0n) is 13.5. The van der Waals surface area contributed by atoms with Gasteiger partial charge in [-0.05, 0) is 32.2 Å². The van der Waals surface area contributed by atoms with Crippen molar-refractivity contribution in [3.8, 4) is 0 Å². The third-order valence-electron chi connectivity index (χ3n) is 4.19. The molecule has 0 atom stereocenters. The number of piperidine rings is 1.